The molecule has 13 heavy (non-hydrogen) atoms. The van der Waals surface area contributed by atoms with E-state index in [1.54, 1.807) is 7.11 Å². The van der Waals surface area contributed by atoms with E-state index in [0.29, 0.717) is 6.10 Å². The van der Waals surface area contributed by atoms with Crippen molar-refractivity contribution in [3.8, 4) is 0 Å². The van der Waals surface area contributed by atoms with E-state index in [4.69, 9.17) is 9.84 Å². The van der Waals surface area contributed by atoms with Crippen LogP contribution < -0.4 is 5.32 Å². The summed E-state index contributed by atoms with van der Waals surface area (Å²) in [6.45, 7) is 0.261. The van der Waals surface area contributed by atoms with Crippen molar-refractivity contribution in [1.82, 2.24) is 5.32 Å². The lowest BCUT2D eigenvalue weighted by Gasteiger charge is -2.40. The highest BCUT2D eigenvalue weighted by atomic mass is 16.5. The van der Waals surface area contributed by atoms with E-state index in [1.807, 2.05) is 7.05 Å². The minimum absolute atomic E-state index is 0.119. The van der Waals surface area contributed by atoms with Gasteiger partial charge in [-0.1, -0.05) is 0 Å². The first-order valence-corrected chi connectivity index (χ1v) is 5.09. The van der Waals surface area contributed by atoms with Gasteiger partial charge in [0.25, 0.3) is 0 Å². The molecule has 0 aromatic rings. The van der Waals surface area contributed by atoms with Crippen LogP contribution in [0.1, 0.15) is 32.1 Å². The SMILES string of the molecule is CNC1(CCO)CCCC(OC)C1. The maximum absolute atomic E-state index is 8.99. The summed E-state index contributed by atoms with van der Waals surface area (Å²) >= 11 is 0. The van der Waals surface area contributed by atoms with Crippen LogP contribution in [-0.4, -0.2) is 37.5 Å². The van der Waals surface area contributed by atoms with Crippen molar-refractivity contribution in [2.45, 2.75) is 43.7 Å². The molecule has 0 heterocycles. The van der Waals surface area contributed by atoms with E-state index in [0.717, 1.165) is 25.7 Å². The number of methoxy groups -OCH3 is 1. The smallest absolute Gasteiger partial charge is 0.0589 e. The van der Waals surface area contributed by atoms with Crippen LogP contribution in [0.15, 0.2) is 0 Å². The second kappa shape index (κ2) is 4.94. The van der Waals surface area contributed by atoms with Crippen molar-refractivity contribution in [2.24, 2.45) is 0 Å². The van der Waals surface area contributed by atoms with Crippen LogP contribution in [0, 0.1) is 0 Å². The zero-order valence-electron chi connectivity index (χ0n) is 8.68. The topological polar surface area (TPSA) is 41.5 Å². The highest BCUT2D eigenvalue weighted by molar-refractivity contribution is 4.92. The molecule has 0 amide bonds. The Labute approximate surface area is 80.5 Å². The standard InChI is InChI=1S/C10H21NO2/c1-11-10(6-7-12)5-3-4-9(8-10)13-2/h9,11-12H,3-8H2,1-2H3. The van der Waals surface area contributed by atoms with Gasteiger partial charge < -0.3 is 15.2 Å². The molecule has 0 aliphatic heterocycles. The van der Waals surface area contributed by atoms with Crippen molar-refractivity contribution in [1.29, 1.82) is 0 Å². The maximum Gasteiger partial charge on any atom is 0.0589 e. The fourth-order valence-electron chi connectivity index (χ4n) is 2.30. The molecule has 78 valence electrons. The van der Waals surface area contributed by atoms with Crippen LogP contribution in [0.25, 0.3) is 0 Å². The Morgan fingerprint density at radius 1 is 1.62 bits per heavy atom. The van der Waals surface area contributed by atoms with E-state index in [-0.39, 0.29) is 12.1 Å². The number of aliphatic hydroxyl groups is 1. The number of aliphatic hydroxyl groups excluding tert-OH is 1. The number of ether oxygens (including phenoxy) is 1. The summed E-state index contributed by atoms with van der Waals surface area (Å²) in [5.41, 5.74) is 0.119. The Balaban J connectivity index is 2.53. The summed E-state index contributed by atoms with van der Waals surface area (Å²) < 4.78 is 5.37. The van der Waals surface area contributed by atoms with Crippen LogP contribution in [0.3, 0.4) is 0 Å². The van der Waals surface area contributed by atoms with E-state index in [1.165, 1.54) is 6.42 Å². The van der Waals surface area contributed by atoms with Gasteiger partial charge in [-0.15, -0.1) is 0 Å². The summed E-state index contributed by atoms with van der Waals surface area (Å²) in [5.74, 6) is 0. The highest BCUT2D eigenvalue weighted by Crippen LogP contribution is 2.31. The first kappa shape index (κ1) is 11.0. The van der Waals surface area contributed by atoms with Gasteiger partial charge in [0.05, 0.1) is 6.10 Å². The Morgan fingerprint density at radius 3 is 2.92 bits per heavy atom. The van der Waals surface area contributed by atoms with Crippen molar-refractivity contribution in [2.75, 3.05) is 20.8 Å². The third kappa shape index (κ3) is 2.66. The van der Waals surface area contributed by atoms with Crippen LogP contribution in [0.2, 0.25) is 0 Å². The molecular weight excluding hydrogens is 166 g/mol. The summed E-state index contributed by atoms with van der Waals surface area (Å²) in [4.78, 5) is 0. The van der Waals surface area contributed by atoms with Gasteiger partial charge in [0.1, 0.15) is 0 Å². The zero-order chi connectivity index (χ0) is 9.73. The minimum atomic E-state index is 0.119. The quantitative estimate of drug-likeness (QED) is 0.687. The molecule has 0 bridgehead atoms. The molecule has 2 atom stereocenters. The van der Waals surface area contributed by atoms with E-state index in [9.17, 15) is 0 Å². The van der Waals surface area contributed by atoms with Crippen molar-refractivity contribution in [3.63, 3.8) is 0 Å². The average Bonchev–Trinajstić information content (AvgIpc) is 2.19. The van der Waals surface area contributed by atoms with Gasteiger partial charge in [-0.2, -0.15) is 0 Å². The zero-order valence-corrected chi connectivity index (χ0v) is 8.68. The largest absolute Gasteiger partial charge is 0.396 e. The first-order chi connectivity index (χ1) is 6.26. The Morgan fingerprint density at radius 2 is 2.38 bits per heavy atom. The lowest BCUT2D eigenvalue weighted by Crippen LogP contribution is -2.49. The molecule has 0 aromatic heterocycles. The van der Waals surface area contributed by atoms with Crippen LogP contribution in [0.4, 0.5) is 0 Å². The molecule has 0 aromatic carbocycles. The van der Waals surface area contributed by atoms with Gasteiger partial charge in [0.2, 0.25) is 0 Å². The fraction of sp³-hybridized carbons (Fsp3) is 1.00. The average molecular weight is 187 g/mol. The van der Waals surface area contributed by atoms with Crippen LogP contribution >= 0.6 is 0 Å². The normalized spacial score (nSPS) is 34.8. The number of hydrogen-bond acceptors (Lipinski definition) is 3. The minimum Gasteiger partial charge on any atom is -0.396 e. The van der Waals surface area contributed by atoms with Crippen molar-refractivity contribution >= 4 is 0 Å². The lowest BCUT2D eigenvalue weighted by molar-refractivity contribution is 0.0250. The number of hydrogen-bond donors (Lipinski definition) is 2. The maximum atomic E-state index is 8.99. The molecule has 1 aliphatic carbocycles. The second-order valence-corrected chi connectivity index (χ2v) is 3.96. The van der Waals surface area contributed by atoms with Crippen molar-refractivity contribution in [3.05, 3.63) is 0 Å². The van der Waals surface area contributed by atoms with Gasteiger partial charge in [-0.05, 0) is 39.2 Å². The molecule has 3 nitrogen and oxygen atoms in total. The highest BCUT2D eigenvalue weighted by Gasteiger charge is 2.34. The van der Waals surface area contributed by atoms with Gasteiger partial charge in [0.15, 0.2) is 0 Å². The molecule has 0 saturated heterocycles. The summed E-state index contributed by atoms with van der Waals surface area (Å²) in [6, 6.07) is 0. The third-order valence-corrected chi connectivity index (χ3v) is 3.25. The second-order valence-electron chi connectivity index (χ2n) is 3.96. The molecular formula is C10H21NO2. The van der Waals surface area contributed by atoms with Gasteiger partial charge in [-0.25, -0.2) is 0 Å². The third-order valence-electron chi connectivity index (χ3n) is 3.25. The molecule has 3 heteroatoms. The fourth-order valence-corrected chi connectivity index (χ4v) is 2.30. The Bertz CT molecular complexity index is 148. The Kier molecular flexibility index (Phi) is 4.16. The first-order valence-electron chi connectivity index (χ1n) is 5.09. The van der Waals surface area contributed by atoms with Gasteiger partial charge >= 0.3 is 0 Å². The summed E-state index contributed by atoms with van der Waals surface area (Å²) in [7, 11) is 3.75. The lowest BCUT2D eigenvalue weighted by atomic mass is 9.78. The molecule has 2 unspecified atom stereocenters. The number of rotatable bonds is 4. The summed E-state index contributed by atoms with van der Waals surface area (Å²) in [5, 5.41) is 12.3. The molecule has 0 spiro atoms. The Hall–Kier alpha value is -0.120. The van der Waals surface area contributed by atoms with E-state index >= 15 is 0 Å². The number of nitrogens with one attached hydrogen (secondary N) is 1. The monoisotopic (exact) mass is 187 g/mol. The predicted molar refractivity (Wildman–Crippen MR) is 52.8 cm³/mol. The molecule has 1 rings (SSSR count). The van der Waals surface area contributed by atoms with Crippen LogP contribution in [-0.2, 0) is 4.74 Å². The molecule has 1 aliphatic rings. The predicted octanol–water partition coefficient (Wildman–Crippen LogP) is 0.916. The summed E-state index contributed by atoms with van der Waals surface area (Å²) in [6.07, 6.45) is 5.74. The molecule has 1 fully saturated rings. The van der Waals surface area contributed by atoms with Crippen LogP contribution in [0.5, 0.6) is 0 Å². The molecule has 2 N–H and O–H groups in total. The molecule has 1 saturated carbocycles. The van der Waals surface area contributed by atoms with Gasteiger partial charge in [-0.3, -0.25) is 0 Å². The van der Waals surface area contributed by atoms with E-state index < -0.39 is 0 Å². The van der Waals surface area contributed by atoms with E-state index in [2.05, 4.69) is 5.32 Å². The van der Waals surface area contributed by atoms with Gasteiger partial charge in [0, 0.05) is 19.3 Å². The van der Waals surface area contributed by atoms with Crippen molar-refractivity contribution < 1.29 is 9.84 Å². The molecule has 0 radical (unpaired) electrons.